The molecule has 39 heavy (non-hydrogen) atoms. The highest BCUT2D eigenvalue weighted by molar-refractivity contribution is 7.17. The number of pyridine rings is 2. The minimum atomic E-state index is 0.0827. The van der Waals surface area contributed by atoms with Crippen molar-refractivity contribution in [3.05, 3.63) is 71.9 Å². The molecule has 0 amide bonds. The molecule has 0 unspecified atom stereocenters. The first kappa shape index (κ1) is 23.8. The largest absolute Gasteiger partial charge is 0.489 e. The number of rotatable bonds is 6. The van der Waals surface area contributed by atoms with Crippen molar-refractivity contribution in [3.63, 3.8) is 0 Å². The lowest BCUT2D eigenvalue weighted by atomic mass is 9.98. The van der Waals surface area contributed by atoms with Gasteiger partial charge in [-0.05, 0) is 75.1 Å². The van der Waals surface area contributed by atoms with E-state index in [-0.39, 0.29) is 11.9 Å². The zero-order chi connectivity index (χ0) is 26.3. The molecule has 0 bridgehead atoms. The number of nitrogens with zero attached hydrogens (tertiary/aromatic N) is 3. The molecule has 0 atom stereocenters. The van der Waals surface area contributed by atoms with Gasteiger partial charge in [0.05, 0.1) is 34.1 Å². The second-order valence-electron chi connectivity index (χ2n) is 10.1. The summed E-state index contributed by atoms with van der Waals surface area (Å²) in [5.41, 5.74) is 7.10. The Morgan fingerprint density at radius 2 is 1.90 bits per heavy atom. The predicted octanol–water partition coefficient (Wildman–Crippen LogP) is 7.81. The van der Waals surface area contributed by atoms with E-state index in [1.54, 1.807) is 13.1 Å². The normalized spacial score (nSPS) is 14.3. The molecule has 0 saturated heterocycles. The quantitative estimate of drug-likeness (QED) is 0.213. The molecule has 0 spiro atoms. The lowest BCUT2D eigenvalue weighted by molar-refractivity contribution is 0.102. The van der Waals surface area contributed by atoms with Crippen LogP contribution >= 0.6 is 11.3 Å². The maximum absolute atomic E-state index is 11.9. The number of hydrogen-bond acceptors (Lipinski definition) is 6. The highest BCUT2D eigenvalue weighted by Crippen LogP contribution is 2.37. The van der Waals surface area contributed by atoms with Crippen LogP contribution in [0.2, 0.25) is 0 Å². The molecule has 0 radical (unpaired) electrons. The van der Waals surface area contributed by atoms with Gasteiger partial charge in [0.15, 0.2) is 5.78 Å². The Morgan fingerprint density at radius 3 is 2.74 bits per heavy atom. The molecular formula is C31H27N5O2S. The maximum Gasteiger partial charge on any atom is 0.169 e. The minimum Gasteiger partial charge on any atom is -0.489 e. The van der Waals surface area contributed by atoms with Crippen molar-refractivity contribution in [1.82, 2.24) is 25.1 Å². The first-order valence-corrected chi connectivity index (χ1v) is 14.1. The van der Waals surface area contributed by atoms with E-state index in [0.717, 1.165) is 78.5 Å². The second kappa shape index (κ2) is 9.78. The van der Waals surface area contributed by atoms with Gasteiger partial charge in [-0.2, -0.15) is 5.10 Å². The van der Waals surface area contributed by atoms with E-state index in [9.17, 15) is 4.79 Å². The van der Waals surface area contributed by atoms with Crippen molar-refractivity contribution >= 4 is 39.1 Å². The van der Waals surface area contributed by atoms with Crippen LogP contribution in [0.15, 0.2) is 67.0 Å². The van der Waals surface area contributed by atoms with E-state index in [1.807, 2.05) is 42.6 Å². The Morgan fingerprint density at radius 1 is 1.00 bits per heavy atom. The van der Waals surface area contributed by atoms with Crippen LogP contribution in [-0.4, -0.2) is 37.0 Å². The maximum atomic E-state index is 11.9. The number of hydrogen-bond donors (Lipinski definition) is 2. The number of fused-ring (bicyclic) bond motifs is 2. The number of Topliss-reactive ketones (excluding diaryl/α,β-unsaturated/α-hetero) is 1. The highest BCUT2D eigenvalue weighted by atomic mass is 32.1. The number of ketones is 1. The summed E-state index contributed by atoms with van der Waals surface area (Å²) in [5.74, 6) is 0.873. The van der Waals surface area contributed by atoms with Gasteiger partial charge < -0.3 is 9.72 Å². The average molecular weight is 534 g/mol. The molecule has 1 aromatic carbocycles. The number of thiophene rings is 1. The van der Waals surface area contributed by atoms with Crippen molar-refractivity contribution in [2.24, 2.45) is 0 Å². The number of aromatic nitrogens is 5. The third-order valence-corrected chi connectivity index (χ3v) is 8.63. The summed E-state index contributed by atoms with van der Waals surface area (Å²) in [6.45, 7) is 1.60. The summed E-state index contributed by atoms with van der Waals surface area (Å²) in [7, 11) is 0. The van der Waals surface area contributed by atoms with Crippen molar-refractivity contribution < 1.29 is 9.53 Å². The van der Waals surface area contributed by atoms with Crippen LogP contribution in [0.1, 0.15) is 48.7 Å². The minimum absolute atomic E-state index is 0.0827. The van der Waals surface area contributed by atoms with Crippen molar-refractivity contribution in [1.29, 1.82) is 0 Å². The fourth-order valence-corrected chi connectivity index (χ4v) is 6.36. The molecule has 1 aliphatic carbocycles. The molecule has 5 aromatic heterocycles. The van der Waals surface area contributed by atoms with E-state index >= 15 is 0 Å². The molecule has 8 heteroatoms. The summed E-state index contributed by atoms with van der Waals surface area (Å²) in [5, 5.41) is 8.83. The van der Waals surface area contributed by atoms with Crippen molar-refractivity contribution in [2.75, 3.05) is 0 Å². The number of benzene rings is 1. The van der Waals surface area contributed by atoms with Crippen LogP contribution in [0.4, 0.5) is 0 Å². The average Bonchev–Trinajstić information content (AvgIpc) is 3.71. The van der Waals surface area contributed by atoms with Gasteiger partial charge in [0.25, 0.3) is 0 Å². The van der Waals surface area contributed by atoms with Crippen LogP contribution in [-0.2, 0) is 0 Å². The number of H-pyrrole nitrogens is 2. The van der Waals surface area contributed by atoms with Crippen molar-refractivity contribution in [3.8, 4) is 38.8 Å². The number of carbonyl (C=O) groups excluding carboxylic acids is 1. The first-order valence-electron chi connectivity index (χ1n) is 13.3. The summed E-state index contributed by atoms with van der Waals surface area (Å²) in [6, 6.07) is 18.2. The molecule has 7 rings (SSSR count). The van der Waals surface area contributed by atoms with Gasteiger partial charge in [-0.25, -0.2) is 4.98 Å². The van der Waals surface area contributed by atoms with E-state index in [1.165, 1.54) is 30.6 Å². The first-order chi connectivity index (χ1) is 19.1. The van der Waals surface area contributed by atoms with E-state index in [0.29, 0.717) is 0 Å². The Hall–Kier alpha value is -4.30. The van der Waals surface area contributed by atoms with Gasteiger partial charge in [0.2, 0.25) is 0 Å². The summed E-state index contributed by atoms with van der Waals surface area (Å²) < 4.78 is 6.25. The van der Waals surface area contributed by atoms with E-state index in [4.69, 9.17) is 9.72 Å². The second-order valence-corrected chi connectivity index (χ2v) is 11.2. The van der Waals surface area contributed by atoms with Crippen LogP contribution in [0.25, 0.3) is 55.0 Å². The Balaban J connectivity index is 1.25. The molecule has 1 aliphatic rings. The third-order valence-electron chi connectivity index (χ3n) is 7.41. The Bertz CT molecular complexity index is 1830. The monoisotopic (exact) mass is 533 g/mol. The predicted molar refractivity (Wildman–Crippen MR) is 155 cm³/mol. The van der Waals surface area contributed by atoms with Gasteiger partial charge >= 0.3 is 0 Å². The van der Waals surface area contributed by atoms with Gasteiger partial charge in [0, 0.05) is 33.1 Å². The zero-order valence-electron chi connectivity index (χ0n) is 21.5. The summed E-state index contributed by atoms with van der Waals surface area (Å²) >= 11 is 1.52. The van der Waals surface area contributed by atoms with Gasteiger partial charge in [-0.15, -0.1) is 11.3 Å². The fraction of sp³-hybridized carbons (Fsp3) is 0.226. The lowest BCUT2D eigenvalue weighted by Gasteiger charge is -2.22. The number of aromatic amines is 2. The molecule has 1 saturated carbocycles. The number of carbonyl (C=O) groups is 1. The van der Waals surface area contributed by atoms with Crippen LogP contribution in [0, 0.1) is 0 Å². The molecule has 1 fully saturated rings. The summed E-state index contributed by atoms with van der Waals surface area (Å²) in [6.07, 6.45) is 9.82. The van der Waals surface area contributed by atoms with Gasteiger partial charge in [-0.1, -0.05) is 18.6 Å². The van der Waals surface area contributed by atoms with Crippen LogP contribution in [0.5, 0.6) is 5.75 Å². The molecule has 194 valence electrons. The van der Waals surface area contributed by atoms with Gasteiger partial charge in [0.1, 0.15) is 17.0 Å². The molecule has 6 aromatic rings. The lowest BCUT2D eigenvalue weighted by Crippen LogP contribution is -2.19. The van der Waals surface area contributed by atoms with Crippen LogP contribution < -0.4 is 4.74 Å². The molecule has 7 nitrogen and oxygen atoms in total. The topological polar surface area (TPSA) is 96.6 Å². The zero-order valence-corrected chi connectivity index (χ0v) is 22.3. The third kappa shape index (κ3) is 4.51. The molecule has 2 N–H and O–H groups in total. The van der Waals surface area contributed by atoms with Crippen LogP contribution in [0.3, 0.4) is 0 Å². The van der Waals surface area contributed by atoms with Gasteiger partial charge in [-0.3, -0.25) is 14.9 Å². The number of nitrogens with one attached hydrogen (secondary N) is 2. The highest BCUT2D eigenvalue weighted by Gasteiger charge is 2.18. The van der Waals surface area contributed by atoms with Crippen molar-refractivity contribution in [2.45, 2.75) is 45.1 Å². The fourth-order valence-electron chi connectivity index (χ4n) is 5.42. The smallest absolute Gasteiger partial charge is 0.169 e. The summed E-state index contributed by atoms with van der Waals surface area (Å²) in [4.78, 5) is 26.6. The Labute approximate surface area is 229 Å². The van der Waals surface area contributed by atoms with E-state index in [2.05, 4.69) is 38.4 Å². The standard InChI is InChI=1S/C31H27N5O2S/c1-18(37)28-12-13-29(39-28)22-8-5-9-25-23(22)15-27(33-25)31-30-26(35-36-31)11-10-24(34-30)19-14-21(17-32-16-19)38-20-6-3-2-4-7-20/h5,8-17,20,33H,2-4,6-7H2,1H3,(H,35,36). The van der Waals surface area contributed by atoms with E-state index < -0.39 is 0 Å². The molecular weight excluding hydrogens is 506 g/mol. The molecule has 5 heterocycles. The molecule has 0 aliphatic heterocycles. The number of ether oxygens (including phenoxy) is 1. The SMILES string of the molecule is CC(=O)c1ccc(-c2cccc3[nH]c(-c4n[nH]c5ccc(-c6cncc(OC7CCCCC7)c6)nc45)cc23)s1. The Kier molecular flexibility index (Phi) is 5.97.